The van der Waals surface area contributed by atoms with Gasteiger partial charge in [-0.1, -0.05) is 11.6 Å². The molecule has 1 aromatic heterocycles. The predicted octanol–water partition coefficient (Wildman–Crippen LogP) is 1.84. The standard InChI is InChI=1S/C20H24ClFN4O3/c21-14-4-13(22)7-23-15(14)3-12-5-20(6-12)10-26(11-20)19(28)25-2-1-17-16(8-25)24-18(27)9-29-17/h4,7,12,16-17H,1-3,5-6,8-11H2,(H,24,27). The number of likely N-dealkylation sites (tertiary alicyclic amines) is 2. The largest absolute Gasteiger partial charge is 0.366 e. The van der Waals surface area contributed by atoms with Gasteiger partial charge in [-0.3, -0.25) is 9.78 Å². The molecule has 29 heavy (non-hydrogen) atoms. The Morgan fingerprint density at radius 3 is 2.93 bits per heavy atom. The molecule has 0 radical (unpaired) electrons. The third-order valence-corrected chi connectivity index (χ3v) is 7.05. The van der Waals surface area contributed by atoms with Crippen molar-refractivity contribution in [3.63, 3.8) is 0 Å². The fraction of sp³-hybridized carbons (Fsp3) is 0.650. The van der Waals surface area contributed by atoms with E-state index in [9.17, 15) is 14.0 Å². The first-order chi connectivity index (χ1) is 13.9. The Balaban J connectivity index is 1.10. The number of carbonyl (C=O) groups is 2. The molecule has 1 N–H and O–H groups in total. The Labute approximate surface area is 173 Å². The van der Waals surface area contributed by atoms with Crippen molar-refractivity contribution < 1.29 is 18.7 Å². The molecule has 1 aliphatic carbocycles. The molecular weight excluding hydrogens is 399 g/mol. The number of rotatable bonds is 2. The summed E-state index contributed by atoms with van der Waals surface area (Å²) >= 11 is 6.09. The monoisotopic (exact) mass is 422 g/mol. The second-order valence-electron chi connectivity index (χ2n) is 8.96. The normalized spacial score (nSPS) is 28.4. The van der Waals surface area contributed by atoms with Gasteiger partial charge >= 0.3 is 6.03 Å². The third-order valence-electron chi connectivity index (χ3n) is 6.73. The highest BCUT2D eigenvalue weighted by Crippen LogP contribution is 2.53. The Kier molecular flexibility index (Phi) is 4.66. The number of aromatic nitrogens is 1. The van der Waals surface area contributed by atoms with E-state index in [-0.39, 0.29) is 36.1 Å². The minimum absolute atomic E-state index is 0.0127. The lowest BCUT2D eigenvalue weighted by Crippen LogP contribution is -2.68. The first-order valence-electron chi connectivity index (χ1n) is 10.2. The maximum atomic E-state index is 13.1. The number of carbonyl (C=O) groups excluding carboxylic acids is 2. The number of morpholine rings is 1. The average Bonchev–Trinajstić information content (AvgIpc) is 2.63. The maximum absolute atomic E-state index is 13.1. The van der Waals surface area contributed by atoms with E-state index in [0.717, 1.165) is 44.5 Å². The van der Waals surface area contributed by atoms with Crippen molar-refractivity contribution >= 4 is 23.5 Å². The zero-order valence-electron chi connectivity index (χ0n) is 16.1. The number of hydrogen-bond acceptors (Lipinski definition) is 4. The number of nitrogens with one attached hydrogen (secondary N) is 1. The van der Waals surface area contributed by atoms with Crippen molar-refractivity contribution in [3.05, 3.63) is 28.8 Å². The summed E-state index contributed by atoms with van der Waals surface area (Å²) in [7, 11) is 0. The summed E-state index contributed by atoms with van der Waals surface area (Å²) in [4.78, 5) is 32.3. The molecule has 1 saturated carbocycles. The summed E-state index contributed by atoms with van der Waals surface area (Å²) in [6.07, 6.45) is 4.82. The van der Waals surface area contributed by atoms with Crippen molar-refractivity contribution in [1.29, 1.82) is 0 Å². The number of pyridine rings is 1. The fourth-order valence-corrected chi connectivity index (χ4v) is 5.64. The SMILES string of the molecule is O=C1COC2CCN(C(=O)N3CC4(CC(Cc5ncc(F)cc5Cl)C4)C3)CC2N1. The minimum atomic E-state index is -0.416. The van der Waals surface area contributed by atoms with Gasteiger partial charge in [0.2, 0.25) is 5.91 Å². The molecule has 3 amide bonds. The van der Waals surface area contributed by atoms with Gasteiger partial charge in [0.25, 0.3) is 0 Å². The molecule has 0 bridgehead atoms. The van der Waals surface area contributed by atoms with Gasteiger partial charge in [0.05, 0.1) is 29.1 Å². The molecule has 3 saturated heterocycles. The van der Waals surface area contributed by atoms with Crippen LogP contribution in [-0.2, 0) is 16.0 Å². The van der Waals surface area contributed by atoms with E-state index in [2.05, 4.69) is 10.3 Å². The summed E-state index contributed by atoms with van der Waals surface area (Å²) in [5.74, 6) is -0.0480. The van der Waals surface area contributed by atoms with Crippen LogP contribution in [0.25, 0.3) is 0 Å². The fourth-order valence-electron chi connectivity index (χ4n) is 5.41. The van der Waals surface area contributed by atoms with Crippen LogP contribution in [0.4, 0.5) is 9.18 Å². The van der Waals surface area contributed by atoms with Crippen molar-refractivity contribution in [2.45, 2.75) is 37.8 Å². The second-order valence-corrected chi connectivity index (χ2v) is 9.36. The number of ether oxygens (including phenoxy) is 1. The molecule has 4 heterocycles. The Morgan fingerprint density at radius 2 is 2.17 bits per heavy atom. The zero-order chi connectivity index (χ0) is 20.2. The lowest BCUT2D eigenvalue weighted by molar-refractivity contribution is -0.140. The number of halogens is 2. The summed E-state index contributed by atoms with van der Waals surface area (Å²) in [6.45, 7) is 2.84. The van der Waals surface area contributed by atoms with Gasteiger partial charge < -0.3 is 19.9 Å². The highest BCUT2D eigenvalue weighted by atomic mass is 35.5. The van der Waals surface area contributed by atoms with E-state index in [4.69, 9.17) is 16.3 Å². The van der Waals surface area contributed by atoms with Crippen LogP contribution in [0.2, 0.25) is 5.02 Å². The first kappa shape index (κ1) is 19.1. The molecule has 2 atom stereocenters. The van der Waals surface area contributed by atoms with Gasteiger partial charge in [0.15, 0.2) is 0 Å². The molecular formula is C20H24ClFN4O3. The zero-order valence-corrected chi connectivity index (χ0v) is 16.8. The number of amides is 3. The van der Waals surface area contributed by atoms with E-state index >= 15 is 0 Å². The molecule has 7 nitrogen and oxygen atoms in total. The van der Waals surface area contributed by atoms with E-state index < -0.39 is 5.82 Å². The lowest BCUT2D eigenvalue weighted by atomic mass is 9.57. The molecule has 1 aromatic rings. The highest BCUT2D eigenvalue weighted by Gasteiger charge is 2.54. The Morgan fingerprint density at radius 1 is 1.38 bits per heavy atom. The van der Waals surface area contributed by atoms with E-state index in [1.54, 1.807) is 0 Å². The second kappa shape index (κ2) is 7.09. The van der Waals surface area contributed by atoms with E-state index in [0.29, 0.717) is 24.0 Å². The molecule has 156 valence electrons. The lowest BCUT2D eigenvalue weighted by Gasteiger charge is -2.60. The number of urea groups is 1. The molecule has 9 heteroatoms. The molecule has 4 fully saturated rings. The maximum Gasteiger partial charge on any atom is 0.320 e. The first-order valence-corrected chi connectivity index (χ1v) is 10.5. The number of piperidine rings is 1. The molecule has 3 aliphatic heterocycles. The van der Waals surface area contributed by atoms with E-state index in [1.807, 2.05) is 9.80 Å². The van der Waals surface area contributed by atoms with Gasteiger partial charge in [0, 0.05) is 31.6 Å². The molecule has 1 spiro atoms. The smallest absolute Gasteiger partial charge is 0.320 e. The summed E-state index contributed by atoms with van der Waals surface area (Å²) < 4.78 is 18.7. The van der Waals surface area contributed by atoms with Crippen LogP contribution in [0, 0.1) is 17.2 Å². The molecule has 4 aliphatic rings. The van der Waals surface area contributed by atoms with Crippen molar-refractivity contribution in [1.82, 2.24) is 20.1 Å². The van der Waals surface area contributed by atoms with Crippen LogP contribution in [-0.4, -0.2) is 71.7 Å². The van der Waals surface area contributed by atoms with Gasteiger partial charge in [-0.25, -0.2) is 9.18 Å². The van der Waals surface area contributed by atoms with Gasteiger partial charge in [-0.2, -0.15) is 0 Å². The molecule has 5 rings (SSSR count). The van der Waals surface area contributed by atoms with Crippen LogP contribution >= 0.6 is 11.6 Å². The number of fused-ring (bicyclic) bond motifs is 1. The van der Waals surface area contributed by atoms with Gasteiger partial charge in [-0.05, 0) is 37.7 Å². The number of nitrogens with zero attached hydrogens (tertiary/aromatic N) is 3. The summed E-state index contributed by atoms with van der Waals surface area (Å²) in [6, 6.07) is 1.26. The van der Waals surface area contributed by atoms with Gasteiger partial charge in [0.1, 0.15) is 12.4 Å². The Hall–Kier alpha value is -1.93. The van der Waals surface area contributed by atoms with Gasteiger partial charge in [-0.15, -0.1) is 0 Å². The summed E-state index contributed by atoms with van der Waals surface area (Å²) in [5, 5.41) is 3.32. The van der Waals surface area contributed by atoms with Crippen molar-refractivity contribution in [2.24, 2.45) is 11.3 Å². The van der Waals surface area contributed by atoms with Crippen LogP contribution < -0.4 is 5.32 Å². The summed E-state index contributed by atoms with van der Waals surface area (Å²) in [5.41, 5.74) is 0.965. The highest BCUT2D eigenvalue weighted by molar-refractivity contribution is 6.31. The average molecular weight is 423 g/mol. The van der Waals surface area contributed by atoms with Crippen molar-refractivity contribution in [2.75, 3.05) is 32.8 Å². The van der Waals surface area contributed by atoms with Crippen LogP contribution in [0.5, 0.6) is 0 Å². The third kappa shape index (κ3) is 3.57. The van der Waals surface area contributed by atoms with Crippen LogP contribution in [0.15, 0.2) is 12.3 Å². The predicted molar refractivity (Wildman–Crippen MR) is 103 cm³/mol. The quantitative estimate of drug-likeness (QED) is 0.789. The molecule has 0 aromatic carbocycles. The topological polar surface area (TPSA) is 74.8 Å². The Bertz CT molecular complexity index is 839. The number of hydrogen-bond donors (Lipinski definition) is 1. The van der Waals surface area contributed by atoms with Crippen LogP contribution in [0.3, 0.4) is 0 Å². The van der Waals surface area contributed by atoms with Crippen molar-refractivity contribution in [3.8, 4) is 0 Å². The molecule has 2 unspecified atom stereocenters. The minimum Gasteiger partial charge on any atom is -0.366 e. The van der Waals surface area contributed by atoms with Crippen LogP contribution in [0.1, 0.15) is 25.0 Å². The van der Waals surface area contributed by atoms with E-state index in [1.165, 1.54) is 12.3 Å².